The van der Waals surface area contributed by atoms with Crippen LogP contribution in [0.25, 0.3) is 11.8 Å². The third kappa shape index (κ3) is 3.47. The molecule has 30 heavy (non-hydrogen) atoms. The summed E-state index contributed by atoms with van der Waals surface area (Å²) >= 11 is 7.45. The van der Waals surface area contributed by atoms with Gasteiger partial charge in [-0.3, -0.25) is 9.36 Å². The van der Waals surface area contributed by atoms with E-state index >= 15 is 0 Å². The summed E-state index contributed by atoms with van der Waals surface area (Å²) in [5.74, 6) is 1.46. The van der Waals surface area contributed by atoms with Crippen LogP contribution in [-0.4, -0.2) is 4.57 Å². The standard InChI is InChI=1S/C24H17ClN2O2S/c1-15-7-12-19(29-15)13-22-23(28)27-21(17-8-10-18(25)11-9-17)14-20(26-24(27)30-22)16-5-3-2-4-6-16/h2-14,21H,1H3. The Bertz CT molecular complexity index is 1430. The Labute approximate surface area is 181 Å². The molecule has 4 aromatic rings. The highest BCUT2D eigenvalue weighted by Crippen LogP contribution is 2.27. The van der Waals surface area contributed by atoms with E-state index in [1.54, 1.807) is 10.6 Å². The van der Waals surface area contributed by atoms with Gasteiger partial charge >= 0.3 is 0 Å². The second-order valence-corrected chi connectivity index (χ2v) is 8.49. The van der Waals surface area contributed by atoms with Crippen LogP contribution in [0.1, 0.15) is 28.7 Å². The van der Waals surface area contributed by atoms with E-state index in [4.69, 9.17) is 21.0 Å². The van der Waals surface area contributed by atoms with Gasteiger partial charge in [-0.2, -0.15) is 0 Å². The molecule has 1 atom stereocenters. The fraction of sp³-hybridized carbons (Fsp3) is 0.0833. The van der Waals surface area contributed by atoms with Crippen molar-refractivity contribution < 1.29 is 4.42 Å². The Morgan fingerprint density at radius 1 is 1.07 bits per heavy atom. The maximum atomic E-state index is 13.3. The molecule has 6 heteroatoms. The third-order valence-electron chi connectivity index (χ3n) is 4.96. The molecule has 0 spiro atoms. The van der Waals surface area contributed by atoms with Gasteiger partial charge in [0.05, 0.1) is 16.3 Å². The van der Waals surface area contributed by atoms with Gasteiger partial charge in [-0.25, -0.2) is 4.99 Å². The van der Waals surface area contributed by atoms with E-state index in [-0.39, 0.29) is 11.6 Å². The van der Waals surface area contributed by atoms with Crippen molar-refractivity contribution in [1.82, 2.24) is 4.57 Å². The molecule has 5 rings (SSSR count). The number of benzene rings is 2. The van der Waals surface area contributed by atoms with Crippen molar-refractivity contribution in [2.24, 2.45) is 4.99 Å². The van der Waals surface area contributed by atoms with E-state index < -0.39 is 0 Å². The summed E-state index contributed by atoms with van der Waals surface area (Å²) in [5.41, 5.74) is 2.74. The lowest BCUT2D eigenvalue weighted by Gasteiger charge is -2.19. The van der Waals surface area contributed by atoms with Crippen molar-refractivity contribution in [3.63, 3.8) is 0 Å². The molecule has 148 valence electrons. The molecule has 0 amide bonds. The van der Waals surface area contributed by atoms with Crippen molar-refractivity contribution >= 4 is 34.7 Å². The molecule has 0 saturated heterocycles. The van der Waals surface area contributed by atoms with Crippen LogP contribution >= 0.6 is 22.9 Å². The molecule has 0 aliphatic carbocycles. The van der Waals surface area contributed by atoms with Gasteiger partial charge in [0.25, 0.3) is 5.56 Å². The summed E-state index contributed by atoms with van der Waals surface area (Å²) in [4.78, 5) is 18.8. The highest BCUT2D eigenvalue weighted by Gasteiger charge is 2.22. The van der Waals surface area contributed by atoms with Crippen molar-refractivity contribution in [3.8, 4) is 0 Å². The third-order valence-corrected chi connectivity index (χ3v) is 6.20. The lowest BCUT2D eigenvalue weighted by molar-refractivity contribution is 0.524. The van der Waals surface area contributed by atoms with Crippen LogP contribution in [-0.2, 0) is 0 Å². The second kappa shape index (κ2) is 7.59. The largest absolute Gasteiger partial charge is 0.462 e. The Morgan fingerprint density at radius 3 is 2.53 bits per heavy atom. The first kappa shape index (κ1) is 18.9. The summed E-state index contributed by atoms with van der Waals surface area (Å²) in [6, 6.07) is 21.0. The van der Waals surface area contributed by atoms with Crippen molar-refractivity contribution in [1.29, 1.82) is 0 Å². The van der Waals surface area contributed by atoms with E-state index in [1.165, 1.54) is 11.3 Å². The molecule has 0 saturated carbocycles. The molecule has 2 aromatic carbocycles. The predicted molar refractivity (Wildman–Crippen MR) is 120 cm³/mol. The molecular formula is C24H17ClN2O2S. The number of hydrogen-bond donors (Lipinski definition) is 0. The second-order valence-electron chi connectivity index (χ2n) is 7.04. The van der Waals surface area contributed by atoms with E-state index in [0.717, 1.165) is 22.6 Å². The maximum absolute atomic E-state index is 13.3. The van der Waals surface area contributed by atoms with Gasteiger partial charge in [0.1, 0.15) is 11.5 Å². The Hall–Kier alpha value is -3.15. The number of nitrogens with zero attached hydrogens (tertiary/aromatic N) is 2. The zero-order chi connectivity index (χ0) is 20.7. The lowest BCUT2D eigenvalue weighted by atomic mass is 10.0. The minimum absolute atomic E-state index is 0.0869. The number of furan rings is 1. The molecular weight excluding hydrogens is 416 g/mol. The smallest absolute Gasteiger partial charge is 0.271 e. The summed E-state index contributed by atoms with van der Waals surface area (Å²) < 4.78 is 7.96. The maximum Gasteiger partial charge on any atom is 0.271 e. The number of halogens is 1. The van der Waals surface area contributed by atoms with Gasteiger partial charge < -0.3 is 4.42 Å². The molecule has 0 N–H and O–H groups in total. The van der Waals surface area contributed by atoms with Crippen LogP contribution in [0.4, 0.5) is 0 Å². The minimum atomic E-state index is -0.269. The van der Waals surface area contributed by atoms with Gasteiger partial charge in [-0.1, -0.05) is 65.4 Å². The number of hydrogen-bond acceptors (Lipinski definition) is 4. The Balaban J connectivity index is 1.73. The van der Waals surface area contributed by atoms with Crippen molar-refractivity contribution in [3.05, 3.63) is 120 Å². The topological polar surface area (TPSA) is 47.5 Å². The van der Waals surface area contributed by atoms with Crippen molar-refractivity contribution in [2.45, 2.75) is 13.0 Å². The first-order chi connectivity index (χ1) is 14.6. The van der Waals surface area contributed by atoms with Crippen LogP contribution in [0.15, 0.2) is 87.0 Å². The zero-order valence-corrected chi connectivity index (χ0v) is 17.7. The van der Waals surface area contributed by atoms with Crippen LogP contribution in [0, 0.1) is 6.92 Å². The molecule has 2 aromatic heterocycles. The molecule has 0 fully saturated rings. The monoisotopic (exact) mass is 432 g/mol. The molecule has 1 aliphatic heterocycles. The SMILES string of the molecule is Cc1ccc(C=c2sc3n(c2=O)C(c2ccc(Cl)cc2)C=C(c2ccccc2)N=3)o1. The number of aryl methyl sites for hydroxylation is 1. The number of aromatic nitrogens is 1. The normalized spacial score (nSPS) is 16.1. The highest BCUT2D eigenvalue weighted by atomic mass is 35.5. The van der Waals surface area contributed by atoms with Crippen LogP contribution in [0.5, 0.6) is 0 Å². The average Bonchev–Trinajstić information content (AvgIpc) is 3.31. The van der Waals surface area contributed by atoms with Crippen LogP contribution in [0.2, 0.25) is 5.02 Å². The van der Waals surface area contributed by atoms with Gasteiger partial charge in [-0.05, 0) is 48.4 Å². The highest BCUT2D eigenvalue weighted by molar-refractivity contribution is 7.07. The number of fused-ring (bicyclic) bond motifs is 1. The van der Waals surface area contributed by atoms with E-state index in [0.29, 0.717) is 20.1 Å². The molecule has 3 heterocycles. The average molecular weight is 433 g/mol. The first-order valence-corrected chi connectivity index (χ1v) is 10.7. The number of rotatable bonds is 3. The number of thiazole rings is 1. The zero-order valence-electron chi connectivity index (χ0n) is 16.1. The number of allylic oxidation sites excluding steroid dienone is 1. The molecule has 0 radical (unpaired) electrons. The van der Waals surface area contributed by atoms with Gasteiger partial charge in [0.15, 0.2) is 4.80 Å². The molecule has 0 bridgehead atoms. The fourth-order valence-corrected chi connectivity index (χ4v) is 4.63. The fourth-order valence-electron chi connectivity index (χ4n) is 3.51. The first-order valence-electron chi connectivity index (χ1n) is 9.49. The van der Waals surface area contributed by atoms with Gasteiger partial charge in [0, 0.05) is 11.1 Å². The Kier molecular flexibility index (Phi) is 4.77. The summed E-state index contributed by atoms with van der Waals surface area (Å²) in [6.07, 6.45) is 3.81. The molecule has 1 aliphatic rings. The molecule has 1 unspecified atom stereocenters. The summed E-state index contributed by atoms with van der Waals surface area (Å²) in [7, 11) is 0. The van der Waals surface area contributed by atoms with Crippen molar-refractivity contribution in [2.75, 3.05) is 0 Å². The van der Waals surface area contributed by atoms with E-state index in [2.05, 4.69) is 0 Å². The summed E-state index contributed by atoms with van der Waals surface area (Å²) in [5, 5.41) is 0.659. The quantitative estimate of drug-likeness (QED) is 0.476. The predicted octanol–water partition coefficient (Wildman–Crippen LogP) is 4.56. The van der Waals surface area contributed by atoms with E-state index in [9.17, 15) is 4.79 Å². The van der Waals surface area contributed by atoms with Gasteiger partial charge in [-0.15, -0.1) is 0 Å². The van der Waals surface area contributed by atoms with Crippen LogP contribution < -0.4 is 14.9 Å². The van der Waals surface area contributed by atoms with Crippen LogP contribution in [0.3, 0.4) is 0 Å². The molecule has 4 nitrogen and oxygen atoms in total. The Morgan fingerprint density at radius 2 is 1.83 bits per heavy atom. The summed E-state index contributed by atoms with van der Waals surface area (Å²) in [6.45, 7) is 1.88. The minimum Gasteiger partial charge on any atom is -0.462 e. The van der Waals surface area contributed by atoms with Gasteiger partial charge in [0.2, 0.25) is 0 Å². The lowest BCUT2D eigenvalue weighted by Crippen LogP contribution is -2.36. The van der Waals surface area contributed by atoms with E-state index in [1.807, 2.05) is 79.7 Å².